The number of aromatic nitrogens is 3. The average molecular weight is 375 g/mol. The third kappa shape index (κ3) is 4.87. The van der Waals surface area contributed by atoms with E-state index in [0.29, 0.717) is 17.9 Å². The molecule has 0 amide bonds. The second kappa shape index (κ2) is 7.06. The van der Waals surface area contributed by atoms with Crippen molar-refractivity contribution >= 4 is 0 Å². The highest BCUT2D eigenvalue weighted by atomic mass is 19.4. The Morgan fingerprint density at radius 1 is 0.889 bits per heavy atom. The van der Waals surface area contributed by atoms with E-state index in [1.165, 1.54) is 6.20 Å². The highest BCUT2D eigenvalue weighted by Crippen LogP contribution is 2.30. The molecule has 3 aromatic rings. The van der Waals surface area contributed by atoms with Gasteiger partial charge in [-0.05, 0) is 41.8 Å². The van der Waals surface area contributed by atoms with Crippen LogP contribution in [-0.2, 0) is 6.18 Å². The van der Waals surface area contributed by atoms with Crippen LogP contribution in [0, 0.1) is 5.41 Å². The van der Waals surface area contributed by atoms with Crippen LogP contribution in [0.5, 0.6) is 5.75 Å². The molecule has 1 N–H and O–H groups in total. The summed E-state index contributed by atoms with van der Waals surface area (Å²) in [5, 5.41) is 0. The van der Waals surface area contributed by atoms with Crippen molar-refractivity contribution in [1.82, 2.24) is 15.0 Å². The maximum absolute atomic E-state index is 12.7. The summed E-state index contributed by atoms with van der Waals surface area (Å²) in [5.74, 6) is 0.910. The molecule has 0 radical (unpaired) electrons. The fourth-order valence-electron chi connectivity index (χ4n) is 2.34. The molecule has 0 atom stereocenters. The number of nitrogens with zero attached hydrogens (tertiary/aromatic N) is 2. The lowest BCUT2D eigenvalue weighted by Gasteiger charge is -2.18. The number of ether oxygens (including phenoxy) is 1. The first kappa shape index (κ1) is 18.9. The van der Waals surface area contributed by atoms with Crippen molar-refractivity contribution in [3.05, 3.63) is 54.5 Å². The van der Waals surface area contributed by atoms with Gasteiger partial charge in [-0.25, -0.2) is 4.98 Å². The van der Waals surface area contributed by atoms with Crippen molar-refractivity contribution in [2.75, 3.05) is 6.61 Å². The van der Waals surface area contributed by atoms with Crippen LogP contribution in [0.1, 0.15) is 26.5 Å². The second-order valence-electron chi connectivity index (χ2n) is 7.45. The number of imidazole rings is 1. The first-order valence-electron chi connectivity index (χ1n) is 8.44. The summed E-state index contributed by atoms with van der Waals surface area (Å²) in [5.41, 5.74) is 1.28. The van der Waals surface area contributed by atoms with Crippen LogP contribution >= 0.6 is 0 Å². The molecule has 142 valence electrons. The lowest BCUT2D eigenvalue weighted by molar-refractivity contribution is -0.140. The van der Waals surface area contributed by atoms with Crippen molar-refractivity contribution in [3.63, 3.8) is 0 Å². The molecular formula is C20H20F3N3O. The van der Waals surface area contributed by atoms with Crippen LogP contribution in [0.4, 0.5) is 13.2 Å². The fourth-order valence-corrected chi connectivity index (χ4v) is 2.34. The minimum atomic E-state index is -4.45. The molecule has 2 heterocycles. The molecular weight excluding hydrogens is 355 g/mol. The maximum atomic E-state index is 12.7. The Kier molecular flexibility index (Phi) is 4.95. The molecule has 1 aromatic carbocycles. The Morgan fingerprint density at radius 3 is 2.07 bits per heavy atom. The fraction of sp³-hybridized carbons (Fsp3) is 0.300. The van der Waals surface area contributed by atoms with E-state index in [1.54, 1.807) is 12.1 Å². The van der Waals surface area contributed by atoms with Crippen LogP contribution in [0.2, 0.25) is 0 Å². The van der Waals surface area contributed by atoms with Crippen LogP contribution in [0.15, 0.2) is 48.8 Å². The van der Waals surface area contributed by atoms with Gasteiger partial charge in [-0.1, -0.05) is 20.8 Å². The molecule has 0 aliphatic heterocycles. The summed E-state index contributed by atoms with van der Waals surface area (Å²) in [7, 11) is 0. The van der Waals surface area contributed by atoms with Crippen molar-refractivity contribution in [1.29, 1.82) is 0 Å². The minimum Gasteiger partial charge on any atom is -0.493 e. The molecule has 0 aliphatic carbocycles. The number of alkyl halides is 3. The van der Waals surface area contributed by atoms with Crippen molar-refractivity contribution in [3.8, 4) is 28.4 Å². The first-order chi connectivity index (χ1) is 12.6. The number of nitrogens with one attached hydrogen (secondary N) is 1. The smallest absolute Gasteiger partial charge is 0.432 e. The Morgan fingerprint density at radius 2 is 1.56 bits per heavy atom. The molecule has 0 unspecified atom stereocenters. The zero-order chi connectivity index (χ0) is 19.7. The van der Waals surface area contributed by atoms with Gasteiger partial charge in [0.1, 0.15) is 17.3 Å². The Balaban J connectivity index is 1.73. The number of hydrogen-bond acceptors (Lipinski definition) is 3. The number of rotatable bonds is 4. The van der Waals surface area contributed by atoms with E-state index in [2.05, 4.69) is 35.7 Å². The molecule has 0 saturated carbocycles. The van der Waals surface area contributed by atoms with Gasteiger partial charge in [0, 0.05) is 17.3 Å². The van der Waals surface area contributed by atoms with Gasteiger partial charge in [0.15, 0.2) is 0 Å². The van der Waals surface area contributed by atoms with E-state index in [9.17, 15) is 13.2 Å². The zero-order valence-corrected chi connectivity index (χ0v) is 15.3. The third-order valence-corrected chi connectivity index (χ3v) is 3.74. The van der Waals surface area contributed by atoms with Gasteiger partial charge in [-0.15, -0.1) is 0 Å². The molecule has 27 heavy (non-hydrogen) atoms. The molecule has 0 saturated heterocycles. The summed E-state index contributed by atoms with van der Waals surface area (Å²) in [6, 6.07) is 11.0. The van der Waals surface area contributed by atoms with Crippen molar-refractivity contribution < 1.29 is 17.9 Å². The molecule has 0 spiro atoms. The first-order valence-corrected chi connectivity index (χ1v) is 8.44. The minimum absolute atomic E-state index is 0.0773. The van der Waals surface area contributed by atoms with Gasteiger partial charge in [-0.2, -0.15) is 13.2 Å². The quantitative estimate of drug-likeness (QED) is 0.647. The summed E-state index contributed by atoms with van der Waals surface area (Å²) in [6.07, 6.45) is -2.17. The Labute approximate surface area is 155 Å². The number of hydrogen-bond donors (Lipinski definition) is 1. The van der Waals surface area contributed by atoms with E-state index in [4.69, 9.17) is 4.74 Å². The number of H-pyrrole nitrogens is 1. The standard InChI is InChI=1S/C20H20F3N3O/c1-19(2,3)12-27-15-7-4-13(5-8-15)16-9-6-14(10-24-16)18-25-11-17(26-18)20(21,22)23/h4-11H,12H2,1-3H3,(H,25,26). The Hall–Kier alpha value is -2.83. The molecule has 3 rings (SSSR count). The van der Waals surface area contributed by atoms with Gasteiger partial charge in [0.25, 0.3) is 0 Å². The van der Waals surface area contributed by atoms with E-state index in [-0.39, 0.29) is 11.2 Å². The average Bonchev–Trinajstić information content (AvgIpc) is 3.10. The summed E-state index contributed by atoms with van der Waals surface area (Å²) < 4.78 is 43.7. The van der Waals surface area contributed by atoms with Gasteiger partial charge in [0.2, 0.25) is 0 Å². The molecule has 4 nitrogen and oxygen atoms in total. The lowest BCUT2D eigenvalue weighted by Crippen LogP contribution is -2.16. The normalized spacial score (nSPS) is 12.2. The lowest BCUT2D eigenvalue weighted by atomic mass is 9.99. The molecule has 0 fully saturated rings. The van der Waals surface area contributed by atoms with E-state index in [0.717, 1.165) is 17.5 Å². The summed E-state index contributed by atoms with van der Waals surface area (Å²) in [4.78, 5) is 10.4. The predicted octanol–water partition coefficient (Wildman–Crippen LogP) is 5.58. The molecule has 2 aromatic heterocycles. The van der Waals surface area contributed by atoms with E-state index >= 15 is 0 Å². The number of benzene rings is 1. The SMILES string of the molecule is CC(C)(C)COc1ccc(-c2ccc(-c3ncc(C(F)(F)F)[nH]3)cn2)cc1. The molecule has 0 aliphatic rings. The zero-order valence-electron chi connectivity index (χ0n) is 15.3. The topological polar surface area (TPSA) is 50.8 Å². The Bertz CT molecular complexity index is 892. The summed E-state index contributed by atoms with van der Waals surface area (Å²) in [6.45, 7) is 6.92. The number of halogens is 3. The van der Waals surface area contributed by atoms with Crippen LogP contribution in [0.3, 0.4) is 0 Å². The monoisotopic (exact) mass is 375 g/mol. The second-order valence-corrected chi connectivity index (χ2v) is 7.45. The van der Waals surface area contributed by atoms with Gasteiger partial charge in [-0.3, -0.25) is 4.98 Å². The summed E-state index contributed by atoms with van der Waals surface area (Å²) >= 11 is 0. The van der Waals surface area contributed by atoms with Gasteiger partial charge in [0.05, 0.1) is 18.5 Å². The third-order valence-electron chi connectivity index (χ3n) is 3.74. The highest BCUT2D eigenvalue weighted by Gasteiger charge is 2.33. The van der Waals surface area contributed by atoms with Gasteiger partial charge < -0.3 is 9.72 Å². The maximum Gasteiger partial charge on any atom is 0.432 e. The molecule has 7 heteroatoms. The number of aromatic amines is 1. The number of pyridine rings is 1. The van der Waals surface area contributed by atoms with Crippen molar-refractivity contribution in [2.24, 2.45) is 5.41 Å². The van der Waals surface area contributed by atoms with Crippen LogP contribution in [0.25, 0.3) is 22.6 Å². The van der Waals surface area contributed by atoms with Crippen LogP contribution in [-0.4, -0.2) is 21.6 Å². The van der Waals surface area contributed by atoms with Crippen molar-refractivity contribution in [2.45, 2.75) is 26.9 Å². The van der Waals surface area contributed by atoms with E-state index < -0.39 is 11.9 Å². The largest absolute Gasteiger partial charge is 0.493 e. The predicted molar refractivity (Wildman–Crippen MR) is 97.2 cm³/mol. The van der Waals surface area contributed by atoms with Crippen LogP contribution < -0.4 is 4.74 Å². The van der Waals surface area contributed by atoms with E-state index in [1.807, 2.05) is 24.3 Å². The molecule has 0 bridgehead atoms. The highest BCUT2D eigenvalue weighted by molar-refractivity contribution is 5.63. The van der Waals surface area contributed by atoms with Gasteiger partial charge >= 0.3 is 6.18 Å².